The molecule has 0 aromatic carbocycles. The Morgan fingerprint density at radius 1 is 1.47 bits per heavy atom. The van der Waals surface area contributed by atoms with Gasteiger partial charge in [-0.1, -0.05) is 18.0 Å². The van der Waals surface area contributed by atoms with E-state index in [-0.39, 0.29) is 0 Å². The molecule has 1 unspecified atom stereocenters. The number of rotatable bonds is 3. The van der Waals surface area contributed by atoms with Crippen LogP contribution in [-0.2, 0) is 6.42 Å². The summed E-state index contributed by atoms with van der Waals surface area (Å²) < 4.78 is 7.31. The Morgan fingerprint density at radius 2 is 2.37 bits per heavy atom. The van der Waals surface area contributed by atoms with Gasteiger partial charge in [0, 0.05) is 12.5 Å². The van der Waals surface area contributed by atoms with Gasteiger partial charge in [0.05, 0.1) is 18.8 Å². The predicted molar refractivity (Wildman–Crippen MR) is 76.1 cm³/mol. The normalized spacial score (nSPS) is 19.8. The molecule has 0 radical (unpaired) electrons. The third kappa shape index (κ3) is 2.55. The molecule has 0 spiro atoms. The van der Waals surface area contributed by atoms with E-state index in [1.54, 1.807) is 7.11 Å². The SMILES string of the molecule is COc1ccc2c(Cl)nc(CC3CCCCN3)n2c1. The highest BCUT2D eigenvalue weighted by Gasteiger charge is 2.17. The van der Waals surface area contributed by atoms with Crippen LogP contribution in [0.3, 0.4) is 0 Å². The van der Waals surface area contributed by atoms with E-state index in [9.17, 15) is 0 Å². The summed E-state index contributed by atoms with van der Waals surface area (Å²) in [5.74, 6) is 1.82. The van der Waals surface area contributed by atoms with Crippen molar-refractivity contribution in [2.75, 3.05) is 13.7 Å². The van der Waals surface area contributed by atoms with Gasteiger partial charge in [-0.25, -0.2) is 4.98 Å². The van der Waals surface area contributed by atoms with E-state index in [1.807, 2.05) is 22.7 Å². The van der Waals surface area contributed by atoms with Crippen LogP contribution in [0.1, 0.15) is 25.1 Å². The lowest BCUT2D eigenvalue weighted by Gasteiger charge is -2.22. The minimum Gasteiger partial charge on any atom is -0.495 e. The third-order valence-corrected chi connectivity index (χ3v) is 3.99. The molecule has 0 aliphatic carbocycles. The number of piperidine rings is 1. The molecule has 19 heavy (non-hydrogen) atoms. The molecule has 1 aliphatic heterocycles. The topological polar surface area (TPSA) is 38.6 Å². The number of hydrogen-bond acceptors (Lipinski definition) is 3. The summed E-state index contributed by atoms with van der Waals surface area (Å²) >= 11 is 6.20. The largest absolute Gasteiger partial charge is 0.495 e. The number of pyridine rings is 1. The number of hydrogen-bond donors (Lipinski definition) is 1. The van der Waals surface area contributed by atoms with Crippen molar-refractivity contribution >= 4 is 17.1 Å². The van der Waals surface area contributed by atoms with E-state index in [2.05, 4.69) is 10.3 Å². The molecular weight excluding hydrogens is 262 g/mol. The minimum atomic E-state index is 0.501. The Labute approximate surface area is 117 Å². The zero-order valence-electron chi connectivity index (χ0n) is 11.0. The number of aromatic nitrogens is 2. The van der Waals surface area contributed by atoms with Gasteiger partial charge in [-0.05, 0) is 31.5 Å². The summed E-state index contributed by atoms with van der Waals surface area (Å²) in [4.78, 5) is 4.49. The molecule has 1 atom stereocenters. The maximum absolute atomic E-state index is 6.20. The first-order valence-corrected chi connectivity index (χ1v) is 7.09. The average molecular weight is 280 g/mol. The van der Waals surface area contributed by atoms with Gasteiger partial charge in [-0.2, -0.15) is 0 Å². The number of nitrogens with one attached hydrogen (secondary N) is 1. The Balaban J connectivity index is 1.93. The van der Waals surface area contributed by atoms with Crippen molar-refractivity contribution in [2.45, 2.75) is 31.7 Å². The first kappa shape index (κ1) is 12.8. The fourth-order valence-corrected chi connectivity index (χ4v) is 2.92. The van der Waals surface area contributed by atoms with Crippen LogP contribution in [0.15, 0.2) is 18.3 Å². The van der Waals surface area contributed by atoms with E-state index < -0.39 is 0 Å². The second kappa shape index (κ2) is 5.39. The number of fused-ring (bicyclic) bond motifs is 1. The highest BCUT2D eigenvalue weighted by Crippen LogP contribution is 2.23. The first-order valence-electron chi connectivity index (χ1n) is 6.72. The maximum Gasteiger partial charge on any atom is 0.155 e. The Bertz CT molecular complexity index is 575. The zero-order chi connectivity index (χ0) is 13.2. The monoisotopic (exact) mass is 279 g/mol. The Kier molecular flexibility index (Phi) is 3.62. The van der Waals surface area contributed by atoms with Gasteiger partial charge in [0.25, 0.3) is 0 Å². The van der Waals surface area contributed by atoms with Crippen LogP contribution < -0.4 is 10.1 Å². The van der Waals surface area contributed by atoms with Gasteiger partial charge in [0.1, 0.15) is 11.6 Å². The second-order valence-corrected chi connectivity index (χ2v) is 5.35. The van der Waals surface area contributed by atoms with Crippen LogP contribution in [0.4, 0.5) is 0 Å². The summed E-state index contributed by atoms with van der Waals surface area (Å²) in [7, 11) is 1.67. The van der Waals surface area contributed by atoms with Crippen molar-refractivity contribution in [1.82, 2.24) is 14.7 Å². The molecule has 5 heteroatoms. The van der Waals surface area contributed by atoms with Gasteiger partial charge in [-0.3, -0.25) is 4.40 Å². The number of ether oxygens (including phenoxy) is 1. The van der Waals surface area contributed by atoms with Crippen molar-refractivity contribution in [1.29, 1.82) is 0 Å². The molecule has 0 saturated carbocycles. The van der Waals surface area contributed by atoms with E-state index >= 15 is 0 Å². The standard InChI is InChI=1S/C14H18ClN3O/c1-19-11-5-6-12-14(15)17-13(18(12)9-11)8-10-4-2-3-7-16-10/h5-6,9-10,16H,2-4,7-8H2,1H3. The van der Waals surface area contributed by atoms with Crippen LogP contribution >= 0.6 is 11.6 Å². The van der Waals surface area contributed by atoms with E-state index in [0.717, 1.165) is 30.1 Å². The van der Waals surface area contributed by atoms with Gasteiger partial charge >= 0.3 is 0 Å². The molecule has 0 amide bonds. The highest BCUT2D eigenvalue weighted by atomic mass is 35.5. The average Bonchev–Trinajstić information content (AvgIpc) is 2.76. The Morgan fingerprint density at radius 3 is 3.11 bits per heavy atom. The van der Waals surface area contributed by atoms with Gasteiger partial charge < -0.3 is 10.1 Å². The molecular formula is C14H18ClN3O. The summed E-state index contributed by atoms with van der Waals surface area (Å²) in [6.45, 7) is 1.10. The fourth-order valence-electron chi connectivity index (χ4n) is 2.67. The van der Waals surface area contributed by atoms with Crippen LogP contribution in [0.5, 0.6) is 5.75 Å². The second-order valence-electron chi connectivity index (χ2n) is 4.99. The molecule has 1 N–H and O–H groups in total. The molecule has 0 bridgehead atoms. The van der Waals surface area contributed by atoms with E-state index in [1.165, 1.54) is 19.3 Å². The van der Waals surface area contributed by atoms with Crippen molar-refractivity contribution in [3.05, 3.63) is 29.3 Å². The van der Waals surface area contributed by atoms with Crippen molar-refractivity contribution in [2.24, 2.45) is 0 Å². The molecule has 2 aromatic heterocycles. The summed E-state index contributed by atoms with van der Waals surface area (Å²) in [6, 6.07) is 4.36. The van der Waals surface area contributed by atoms with Gasteiger partial charge in [0.15, 0.2) is 5.15 Å². The molecule has 2 aromatic rings. The van der Waals surface area contributed by atoms with E-state index in [4.69, 9.17) is 16.3 Å². The van der Waals surface area contributed by atoms with Crippen molar-refractivity contribution in [3.8, 4) is 5.75 Å². The summed E-state index contributed by atoms with van der Waals surface area (Å²) in [5, 5.41) is 4.11. The van der Waals surface area contributed by atoms with Crippen LogP contribution in [0.2, 0.25) is 5.15 Å². The molecule has 1 fully saturated rings. The van der Waals surface area contributed by atoms with Crippen molar-refractivity contribution < 1.29 is 4.74 Å². The number of halogens is 1. The molecule has 3 heterocycles. The first-order chi connectivity index (χ1) is 9.28. The molecule has 1 aliphatic rings. The van der Waals surface area contributed by atoms with Crippen LogP contribution in [0.25, 0.3) is 5.52 Å². The summed E-state index contributed by atoms with van der Waals surface area (Å²) in [6.07, 6.45) is 6.62. The zero-order valence-corrected chi connectivity index (χ0v) is 11.8. The lowest BCUT2D eigenvalue weighted by atomic mass is 10.0. The number of methoxy groups -OCH3 is 1. The van der Waals surface area contributed by atoms with Crippen LogP contribution in [0, 0.1) is 0 Å². The minimum absolute atomic E-state index is 0.501. The van der Waals surface area contributed by atoms with Gasteiger partial charge in [-0.15, -0.1) is 0 Å². The summed E-state index contributed by atoms with van der Waals surface area (Å²) in [5.41, 5.74) is 0.938. The van der Waals surface area contributed by atoms with Crippen LogP contribution in [-0.4, -0.2) is 29.1 Å². The predicted octanol–water partition coefficient (Wildman–Crippen LogP) is 2.68. The molecule has 1 saturated heterocycles. The number of nitrogens with zero attached hydrogens (tertiary/aromatic N) is 2. The maximum atomic E-state index is 6.20. The lowest BCUT2D eigenvalue weighted by molar-refractivity contribution is 0.392. The number of imidazole rings is 1. The molecule has 4 nitrogen and oxygen atoms in total. The van der Waals surface area contributed by atoms with E-state index in [0.29, 0.717) is 11.2 Å². The molecule has 3 rings (SSSR count). The Hall–Kier alpha value is -1.26. The quantitative estimate of drug-likeness (QED) is 0.939. The lowest BCUT2D eigenvalue weighted by Crippen LogP contribution is -2.36. The molecule has 102 valence electrons. The van der Waals surface area contributed by atoms with Gasteiger partial charge in [0.2, 0.25) is 0 Å². The van der Waals surface area contributed by atoms with Crippen molar-refractivity contribution in [3.63, 3.8) is 0 Å². The fraction of sp³-hybridized carbons (Fsp3) is 0.500. The highest BCUT2D eigenvalue weighted by molar-refractivity contribution is 6.32. The third-order valence-electron chi connectivity index (χ3n) is 3.72. The smallest absolute Gasteiger partial charge is 0.155 e.